The molecule has 0 fully saturated rings. The van der Waals surface area contributed by atoms with Crippen LogP contribution >= 0.6 is 0 Å². The second-order valence-corrected chi connectivity index (χ2v) is 4.17. The van der Waals surface area contributed by atoms with Gasteiger partial charge in [-0.2, -0.15) is 0 Å². The van der Waals surface area contributed by atoms with E-state index >= 15 is 0 Å². The molecule has 5 N–H and O–H groups in total. The second-order valence-electron chi connectivity index (χ2n) is 4.17. The summed E-state index contributed by atoms with van der Waals surface area (Å²) in [5.41, 5.74) is 15.2. The van der Waals surface area contributed by atoms with Crippen LogP contribution < -0.4 is 11.5 Å². The molecule has 88 valence electrons. The molecule has 3 heteroatoms. The summed E-state index contributed by atoms with van der Waals surface area (Å²) in [6, 6.07) is 12.5. The van der Waals surface area contributed by atoms with E-state index in [0.717, 1.165) is 5.56 Å². The van der Waals surface area contributed by atoms with Crippen LogP contribution in [0.15, 0.2) is 42.5 Å². The smallest absolute Gasteiger partial charge is 0.122 e. The van der Waals surface area contributed by atoms with Gasteiger partial charge in [0, 0.05) is 11.3 Å². The van der Waals surface area contributed by atoms with E-state index in [0.29, 0.717) is 11.3 Å². The van der Waals surface area contributed by atoms with Crippen molar-refractivity contribution in [1.29, 1.82) is 0 Å². The lowest BCUT2D eigenvalue weighted by atomic mass is 9.96. The number of anilines is 1. The van der Waals surface area contributed by atoms with Crippen molar-refractivity contribution >= 4 is 5.69 Å². The fourth-order valence-corrected chi connectivity index (χ4v) is 1.85. The molecule has 2 aromatic rings. The average Bonchev–Trinajstić information content (AvgIpc) is 2.29. The molecule has 2 rings (SSSR count). The first-order valence-corrected chi connectivity index (χ1v) is 5.49. The van der Waals surface area contributed by atoms with Crippen LogP contribution in [-0.2, 0) is 0 Å². The van der Waals surface area contributed by atoms with Gasteiger partial charge in [0.1, 0.15) is 5.75 Å². The summed E-state index contributed by atoms with van der Waals surface area (Å²) < 4.78 is 0. The van der Waals surface area contributed by atoms with Crippen molar-refractivity contribution in [2.75, 3.05) is 5.73 Å². The van der Waals surface area contributed by atoms with E-state index in [1.54, 1.807) is 18.2 Å². The first kappa shape index (κ1) is 11.5. The highest BCUT2D eigenvalue weighted by Gasteiger charge is 2.15. The Hall–Kier alpha value is -2.00. The third kappa shape index (κ3) is 2.24. The van der Waals surface area contributed by atoms with E-state index in [2.05, 4.69) is 0 Å². The van der Waals surface area contributed by atoms with E-state index in [1.165, 1.54) is 5.56 Å². The van der Waals surface area contributed by atoms with Gasteiger partial charge in [-0.25, -0.2) is 0 Å². The first-order valence-electron chi connectivity index (χ1n) is 5.49. The lowest BCUT2D eigenvalue weighted by Gasteiger charge is -2.16. The summed E-state index contributed by atoms with van der Waals surface area (Å²) in [4.78, 5) is 0. The lowest BCUT2D eigenvalue weighted by molar-refractivity contribution is 0.466. The molecular weight excluding hydrogens is 212 g/mol. The van der Waals surface area contributed by atoms with Gasteiger partial charge in [0.2, 0.25) is 0 Å². The molecule has 1 unspecified atom stereocenters. The Bertz CT molecular complexity index is 500. The minimum absolute atomic E-state index is 0.137. The Labute approximate surface area is 101 Å². The van der Waals surface area contributed by atoms with Gasteiger partial charge in [0.15, 0.2) is 0 Å². The van der Waals surface area contributed by atoms with Crippen LogP contribution in [0.3, 0.4) is 0 Å². The van der Waals surface area contributed by atoms with Crippen LogP contribution in [0.1, 0.15) is 22.7 Å². The molecule has 0 radical (unpaired) electrons. The molecular formula is C14H16N2O. The van der Waals surface area contributed by atoms with Gasteiger partial charge in [-0.3, -0.25) is 0 Å². The SMILES string of the molecule is Cc1ccc(C(N)c2c(N)cccc2O)cc1. The van der Waals surface area contributed by atoms with Crippen LogP contribution in [0.2, 0.25) is 0 Å². The number of hydrogen-bond acceptors (Lipinski definition) is 3. The monoisotopic (exact) mass is 228 g/mol. The fourth-order valence-electron chi connectivity index (χ4n) is 1.85. The zero-order valence-corrected chi connectivity index (χ0v) is 9.72. The van der Waals surface area contributed by atoms with Crippen molar-refractivity contribution in [2.24, 2.45) is 5.73 Å². The largest absolute Gasteiger partial charge is 0.508 e. The van der Waals surface area contributed by atoms with Crippen LogP contribution in [0.4, 0.5) is 5.69 Å². The Morgan fingerprint density at radius 1 is 1.06 bits per heavy atom. The maximum absolute atomic E-state index is 9.82. The number of nitrogens with two attached hydrogens (primary N) is 2. The predicted octanol–water partition coefficient (Wildman–Crippen LogP) is 2.33. The number of phenols is 1. The van der Waals surface area contributed by atoms with Gasteiger partial charge in [-0.1, -0.05) is 35.9 Å². The highest BCUT2D eigenvalue weighted by Crippen LogP contribution is 2.32. The molecule has 2 aromatic carbocycles. The topological polar surface area (TPSA) is 72.3 Å². The molecule has 0 saturated heterocycles. The Balaban J connectivity index is 2.43. The summed E-state index contributed by atoms with van der Waals surface area (Å²) in [7, 11) is 0. The molecule has 3 nitrogen and oxygen atoms in total. The summed E-state index contributed by atoms with van der Waals surface area (Å²) in [5.74, 6) is 0.137. The average molecular weight is 228 g/mol. The van der Waals surface area contributed by atoms with E-state index < -0.39 is 6.04 Å². The van der Waals surface area contributed by atoms with E-state index in [4.69, 9.17) is 11.5 Å². The van der Waals surface area contributed by atoms with Crippen LogP contribution in [0.25, 0.3) is 0 Å². The minimum atomic E-state index is -0.406. The molecule has 0 amide bonds. The first-order chi connectivity index (χ1) is 8.09. The van der Waals surface area contributed by atoms with Crippen molar-refractivity contribution in [2.45, 2.75) is 13.0 Å². The maximum Gasteiger partial charge on any atom is 0.122 e. The van der Waals surface area contributed by atoms with Gasteiger partial charge < -0.3 is 16.6 Å². The predicted molar refractivity (Wildman–Crippen MR) is 69.7 cm³/mol. The summed E-state index contributed by atoms with van der Waals surface area (Å²) in [6.45, 7) is 2.02. The molecule has 0 spiro atoms. The number of nitrogen functional groups attached to an aromatic ring is 1. The minimum Gasteiger partial charge on any atom is -0.508 e. The molecule has 0 saturated carbocycles. The summed E-state index contributed by atoms with van der Waals surface area (Å²) in [5, 5.41) is 9.82. The van der Waals surface area contributed by atoms with Gasteiger partial charge in [-0.05, 0) is 24.6 Å². The third-order valence-electron chi connectivity index (χ3n) is 2.86. The zero-order valence-electron chi connectivity index (χ0n) is 9.72. The zero-order chi connectivity index (χ0) is 12.4. The van der Waals surface area contributed by atoms with Crippen molar-refractivity contribution in [1.82, 2.24) is 0 Å². The molecule has 0 aliphatic rings. The third-order valence-corrected chi connectivity index (χ3v) is 2.86. The van der Waals surface area contributed by atoms with Crippen molar-refractivity contribution in [3.05, 3.63) is 59.2 Å². The molecule has 17 heavy (non-hydrogen) atoms. The van der Waals surface area contributed by atoms with E-state index in [1.807, 2.05) is 31.2 Å². The molecule has 0 aliphatic carbocycles. The molecule has 0 bridgehead atoms. The number of aromatic hydroxyl groups is 1. The van der Waals surface area contributed by atoms with Gasteiger partial charge in [0.05, 0.1) is 6.04 Å². The molecule has 0 heterocycles. The van der Waals surface area contributed by atoms with Crippen LogP contribution in [0, 0.1) is 6.92 Å². The summed E-state index contributed by atoms with van der Waals surface area (Å²) >= 11 is 0. The Kier molecular flexibility index (Phi) is 3.02. The quantitative estimate of drug-likeness (QED) is 0.691. The highest BCUT2D eigenvalue weighted by atomic mass is 16.3. The Morgan fingerprint density at radius 3 is 2.29 bits per heavy atom. The van der Waals surface area contributed by atoms with Crippen molar-refractivity contribution in [3.63, 3.8) is 0 Å². The standard InChI is InChI=1S/C14H16N2O/c1-9-5-7-10(8-6-9)14(16)13-11(15)3-2-4-12(13)17/h2-8,14,17H,15-16H2,1H3. The Morgan fingerprint density at radius 2 is 1.71 bits per heavy atom. The van der Waals surface area contributed by atoms with Crippen LogP contribution in [-0.4, -0.2) is 5.11 Å². The number of phenolic OH excluding ortho intramolecular Hbond substituents is 1. The molecule has 0 aromatic heterocycles. The normalized spacial score (nSPS) is 12.4. The highest BCUT2D eigenvalue weighted by molar-refractivity contribution is 5.57. The number of rotatable bonds is 2. The fraction of sp³-hybridized carbons (Fsp3) is 0.143. The van der Waals surface area contributed by atoms with Gasteiger partial charge >= 0.3 is 0 Å². The second kappa shape index (κ2) is 4.47. The van der Waals surface area contributed by atoms with Crippen LogP contribution in [0.5, 0.6) is 5.75 Å². The summed E-state index contributed by atoms with van der Waals surface area (Å²) in [6.07, 6.45) is 0. The maximum atomic E-state index is 9.82. The van der Waals surface area contributed by atoms with Gasteiger partial charge in [-0.15, -0.1) is 0 Å². The van der Waals surface area contributed by atoms with E-state index in [-0.39, 0.29) is 5.75 Å². The number of benzene rings is 2. The molecule has 0 aliphatic heterocycles. The van der Waals surface area contributed by atoms with Gasteiger partial charge in [0.25, 0.3) is 0 Å². The van der Waals surface area contributed by atoms with E-state index in [9.17, 15) is 5.11 Å². The van der Waals surface area contributed by atoms with Crippen molar-refractivity contribution < 1.29 is 5.11 Å². The molecule has 1 atom stereocenters. The number of hydrogen-bond donors (Lipinski definition) is 3. The van der Waals surface area contributed by atoms with Crippen molar-refractivity contribution in [3.8, 4) is 5.75 Å². The number of aryl methyl sites for hydroxylation is 1. The lowest BCUT2D eigenvalue weighted by Crippen LogP contribution is -2.14.